The van der Waals surface area contributed by atoms with E-state index < -0.39 is 29.9 Å². The fraction of sp³-hybridized carbons (Fsp3) is 0.200. The van der Waals surface area contributed by atoms with Crippen LogP contribution < -0.4 is 10.6 Å². The second-order valence-electron chi connectivity index (χ2n) is 5.82. The average molecular weight is 365 g/mol. The molecule has 0 aliphatic rings. The van der Waals surface area contributed by atoms with Gasteiger partial charge in [0, 0.05) is 11.3 Å². The molecule has 2 atom stereocenters. The van der Waals surface area contributed by atoms with Gasteiger partial charge in [0.15, 0.2) is 6.10 Å². The molecule has 0 bridgehead atoms. The summed E-state index contributed by atoms with van der Waals surface area (Å²) in [6.07, 6.45) is -1.05. The first-order chi connectivity index (χ1) is 12.9. The number of nitrogens with one attached hydrogen (secondary N) is 2. The molecule has 2 amide bonds. The maximum absolute atomic E-state index is 12.1. The highest BCUT2D eigenvalue weighted by molar-refractivity contribution is 5.98. The number of hydrogen-bond acceptors (Lipinski definition) is 5. The van der Waals surface area contributed by atoms with E-state index >= 15 is 0 Å². The van der Waals surface area contributed by atoms with Gasteiger partial charge < -0.3 is 15.4 Å². The monoisotopic (exact) mass is 365 g/mol. The molecule has 2 rings (SSSR count). The van der Waals surface area contributed by atoms with E-state index in [0.29, 0.717) is 16.8 Å². The highest BCUT2D eigenvalue weighted by Gasteiger charge is 2.23. The number of amides is 2. The van der Waals surface area contributed by atoms with Gasteiger partial charge in [-0.2, -0.15) is 5.26 Å². The zero-order valence-electron chi connectivity index (χ0n) is 14.9. The Balaban J connectivity index is 1.86. The maximum Gasteiger partial charge on any atom is 0.329 e. The number of esters is 1. The van der Waals surface area contributed by atoms with Gasteiger partial charge in [-0.05, 0) is 50.2 Å². The molecule has 27 heavy (non-hydrogen) atoms. The van der Waals surface area contributed by atoms with Crippen LogP contribution in [0.1, 0.15) is 29.8 Å². The molecule has 138 valence electrons. The highest BCUT2D eigenvalue weighted by atomic mass is 16.5. The average Bonchev–Trinajstić information content (AvgIpc) is 2.68. The molecule has 0 spiro atoms. The number of hydrogen-bond donors (Lipinski definition) is 2. The Hall–Kier alpha value is -3.66. The van der Waals surface area contributed by atoms with Gasteiger partial charge in [-0.15, -0.1) is 0 Å². The predicted octanol–water partition coefficient (Wildman–Crippen LogP) is 2.25. The fourth-order valence-corrected chi connectivity index (χ4v) is 2.13. The van der Waals surface area contributed by atoms with Crippen molar-refractivity contribution in [3.63, 3.8) is 0 Å². The van der Waals surface area contributed by atoms with Gasteiger partial charge >= 0.3 is 5.97 Å². The largest absolute Gasteiger partial charge is 0.451 e. The van der Waals surface area contributed by atoms with Crippen LogP contribution in [-0.4, -0.2) is 29.9 Å². The lowest BCUT2D eigenvalue weighted by Gasteiger charge is -2.17. The summed E-state index contributed by atoms with van der Waals surface area (Å²) < 4.78 is 5.11. The van der Waals surface area contributed by atoms with Gasteiger partial charge in [0.25, 0.3) is 11.8 Å². The molecule has 0 aliphatic heterocycles. The Morgan fingerprint density at radius 2 is 1.63 bits per heavy atom. The van der Waals surface area contributed by atoms with Crippen LogP contribution in [-0.2, 0) is 14.3 Å². The molecule has 0 unspecified atom stereocenters. The van der Waals surface area contributed by atoms with Crippen LogP contribution in [0.4, 0.5) is 5.69 Å². The van der Waals surface area contributed by atoms with Crippen LogP contribution in [0.15, 0.2) is 54.6 Å². The van der Waals surface area contributed by atoms with Crippen molar-refractivity contribution < 1.29 is 19.1 Å². The summed E-state index contributed by atoms with van der Waals surface area (Å²) in [6, 6.07) is 15.8. The molecule has 2 aromatic rings. The zero-order valence-corrected chi connectivity index (χ0v) is 14.9. The van der Waals surface area contributed by atoms with E-state index in [2.05, 4.69) is 10.6 Å². The van der Waals surface area contributed by atoms with Crippen LogP contribution in [0.2, 0.25) is 0 Å². The van der Waals surface area contributed by atoms with Crippen LogP contribution in [0.3, 0.4) is 0 Å². The highest BCUT2D eigenvalue weighted by Crippen LogP contribution is 2.10. The number of carbonyl (C=O) groups excluding carboxylic acids is 3. The van der Waals surface area contributed by atoms with Crippen molar-refractivity contribution in [2.45, 2.75) is 26.0 Å². The fourth-order valence-electron chi connectivity index (χ4n) is 2.13. The van der Waals surface area contributed by atoms with Crippen molar-refractivity contribution in [2.24, 2.45) is 0 Å². The Morgan fingerprint density at radius 3 is 2.22 bits per heavy atom. The summed E-state index contributed by atoms with van der Waals surface area (Å²) >= 11 is 0. The molecule has 0 saturated carbocycles. The molecular formula is C20H19N3O4. The number of ether oxygens (including phenoxy) is 1. The van der Waals surface area contributed by atoms with E-state index in [0.717, 1.165) is 0 Å². The Bertz CT molecular complexity index is 857. The van der Waals surface area contributed by atoms with E-state index in [-0.39, 0.29) is 0 Å². The summed E-state index contributed by atoms with van der Waals surface area (Å²) in [7, 11) is 0. The van der Waals surface area contributed by atoms with Gasteiger partial charge in [0.05, 0.1) is 11.6 Å². The van der Waals surface area contributed by atoms with Crippen molar-refractivity contribution in [1.82, 2.24) is 5.32 Å². The maximum atomic E-state index is 12.1. The first-order valence-electron chi connectivity index (χ1n) is 8.28. The van der Waals surface area contributed by atoms with Gasteiger partial charge in [-0.1, -0.05) is 18.2 Å². The molecule has 0 heterocycles. The molecule has 0 fully saturated rings. The third-order valence-corrected chi connectivity index (χ3v) is 3.68. The minimum absolute atomic E-state index is 0.408. The summed E-state index contributed by atoms with van der Waals surface area (Å²) in [5.74, 6) is -1.65. The van der Waals surface area contributed by atoms with Gasteiger partial charge in [0.1, 0.15) is 6.04 Å². The number of nitriles is 1. The Morgan fingerprint density at radius 1 is 1.00 bits per heavy atom. The number of carbonyl (C=O) groups is 3. The number of rotatable bonds is 6. The zero-order chi connectivity index (χ0) is 19.8. The standard InChI is InChI=1S/C20H19N3O4/c1-13(22-19(25)16-6-4-3-5-7-16)20(26)27-14(2)18(24)23-17-10-8-15(12-21)9-11-17/h3-11,13-14H,1-2H3,(H,22,25)(H,23,24)/t13-,14-/m0/s1. The molecule has 0 saturated heterocycles. The summed E-state index contributed by atoms with van der Waals surface area (Å²) in [6.45, 7) is 2.91. The molecule has 0 aliphatic carbocycles. The first kappa shape index (κ1) is 19.7. The number of anilines is 1. The second kappa shape index (κ2) is 9.15. The third-order valence-electron chi connectivity index (χ3n) is 3.68. The SMILES string of the molecule is C[C@H](NC(=O)c1ccccc1)C(=O)O[C@@H](C)C(=O)Nc1ccc(C#N)cc1. The third kappa shape index (κ3) is 5.68. The number of benzene rings is 2. The topological polar surface area (TPSA) is 108 Å². The minimum atomic E-state index is -1.05. The summed E-state index contributed by atoms with van der Waals surface area (Å²) in [5.41, 5.74) is 1.37. The van der Waals surface area contributed by atoms with E-state index in [4.69, 9.17) is 10.00 Å². The van der Waals surface area contributed by atoms with Gasteiger partial charge in [0.2, 0.25) is 0 Å². The second-order valence-corrected chi connectivity index (χ2v) is 5.82. The lowest BCUT2D eigenvalue weighted by atomic mass is 10.2. The molecule has 0 radical (unpaired) electrons. The summed E-state index contributed by atoms with van der Waals surface area (Å²) in [4.78, 5) is 36.3. The van der Waals surface area contributed by atoms with E-state index in [1.54, 1.807) is 54.6 Å². The Labute approximate surface area is 156 Å². The van der Waals surface area contributed by atoms with Crippen LogP contribution in [0, 0.1) is 11.3 Å². The molecule has 2 aromatic carbocycles. The van der Waals surface area contributed by atoms with Crippen molar-refractivity contribution in [2.75, 3.05) is 5.32 Å². The van der Waals surface area contributed by atoms with E-state index in [9.17, 15) is 14.4 Å². The van der Waals surface area contributed by atoms with E-state index in [1.807, 2.05) is 6.07 Å². The van der Waals surface area contributed by atoms with Crippen LogP contribution >= 0.6 is 0 Å². The van der Waals surface area contributed by atoms with Gasteiger partial charge in [-0.25, -0.2) is 4.79 Å². The molecule has 2 N–H and O–H groups in total. The number of nitrogens with zero attached hydrogens (tertiary/aromatic N) is 1. The first-order valence-corrected chi connectivity index (χ1v) is 8.28. The van der Waals surface area contributed by atoms with Crippen molar-refractivity contribution >= 4 is 23.5 Å². The molecule has 7 heteroatoms. The quantitative estimate of drug-likeness (QED) is 0.763. The molecule has 0 aromatic heterocycles. The van der Waals surface area contributed by atoms with E-state index in [1.165, 1.54) is 13.8 Å². The van der Waals surface area contributed by atoms with Crippen molar-refractivity contribution in [3.8, 4) is 6.07 Å². The van der Waals surface area contributed by atoms with Crippen LogP contribution in [0.5, 0.6) is 0 Å². The summed E-state index contributed by atoms with van der Waals surface area (Å²) in [5, 5.41) is 13.9. The minimum Gasteiger partial charge on any atom is -0.451 e. The Kier molecular flexibility index (Phi) is 6.67. The molecular weight excluding hydrogens is 346 g/mol. The van der Waals surface area contributed by atoms with Crippen molar-refractivity contribution in [1.29, 1.82) is 5.26 Å². The lowest BCUT2D eigenvalue weighted by Crippen LogP contribution is -2.42. The predicted molar refractivity (Wildman–Crippen MR) is 98.7 cm³/mol. The lowest BCUT2D eigenvalue weighted by molar-refractivity contribution is -0.154. The normalized spacial score (nSPS) is 12.2. The molecule has 7 nitrogen and oxygen atoms in total. The van der Waals surface area contributed by atoms with Crippen molar-refractivity contribution in [3.05, 3.63) is 65.7 Å². The van der Waals surface area contributed by atoms with Gasteiger partial charge in [-0.3, -0.25) is 9.59 Å². The van der Waals surface area contributed by atoms with Crippen LogP contribution in [0.25, 0.3) is 0 Å². The smallest absolute Gasteiger partial charge is 0.329 e.